The lowest BCUT2D eigenvalue weighted by Gasteiger charge is -2.51. The molecule has 0 heterocycles. The molecule has 3 fully saturated rings. The fourth-order valence-corrected chi connectivity index (χ4v) is 6.47. The molecule has 3 saturated carbocycles. The molecule has 3 aliphatic rings. The highest BCUT2D eigenvalue weighted by molar-refractivity contribution is 9.09. The van der Waals surface area contributed by atoms with E-state index < -0.39 is 23.8 Å². The van der Waals surface area contributed by atoms with Crippen LogP contribution >= 0.6 is 15.9 Å². The summed E-state index contributed by atoms with van der Waals surface area (Å²) < 4.78 is 0. The Morgan fingerprint density at radius 1 is 1.00 bits per heavy atom. The lowest BCUT2D eigenvalue weighted by molar-refractivity contribution is -0.160. The predicted molar refractivity (Wildman–Crippen MR) is 76.6 cm³/mol. The van der Waals surface area contributed by atoms with Gasteiger partial charge in [0.15, 0.2) is 0 Å². The van der Waals surface area contributed by atoms with Crippen LogP contribution in [0, 0.1) is 34.5 Å². The minimum atomic E-state index is -0.946. The van der Waals surface area contributed by atoms with Gasteiger partial charge in [0.2, 0.25) is 0 Å². The quantitative estimate of drug-likeness (QED) is 0.755. The lowest BCUT2D eigenvalue weighted by atomic mass is 9.56. The SMILES string of the molecule is CC1(C)[C@H]2C[C@H]3C[C@H](C(=O)O)[C@H](C(=O)O)C[C@@]3(C2)[C@@H]1Br. The number of carboxylic acids is 2. The maximum absolute atomic E-state index is 11.5. The van der Waals surface area contributed by atoms with Crippen LogP contribution < -0.4 is 0 Å². The number of carboxylic acid groups (broad SMARTS) is 2. The molecular formula is C15H21BrO4. The van der Waals surface area contributed by atoms with Crippen LogP contribution in [0.3, 0.4) is 0 Å². The highest BCUT2D eigenvalue weighted by Crippen LogP contribution is 2.72. The highest BCUT2D eigenvalue weighted by Gasteiger charge is 2.68. The Kier molecular flexibility index (Phi) is 3.03. The van der Waals surface area contributed by atoms with Gasteiger partial charge in [0, 0.05) is 4.83 Å². The van der Waals surface area contributed by atoms with Crippen molar-refractivity contribution in [2.45, 2.75) is 44.4 Å². The second-order valence-corrected chi connectivity index (χ2v) is 8.50. The van der Waals surface area contributed by atoms with Crippen molar-refractivity contribution in [3.63, 3.8) is 0 Å². The van der Waals surface area contributed by atoms with Crippen LogP contribution in [-0.4, -0.2) is 27.0 Å². The van der Waals surface area contributed by atoms with Gasteiger partial charge < -0.3 is 10.2 Å². The van der Waals surface area contributed by atoms with Gasteiger partial charge in [0.25, 0.3) is 0 Å². The molecule has 2 N–H and O–H groups in total. The van der Waals surface area contributed by atoms with Crippen molar-refractivity contribution in [3.05, 3.63) is 0 Å². The summed E-state index contributed by atoms with van der Waals surface area (Å²) in [6.07, 6.45) is 3.16. The second-order valence-electron chi connectivity index (χ2n) is 7.58. The van der Waals surface area contributed by atoms with Gasteiger partial charge in [0.05, 0.1) is 11.8 Å². The number of fused-ring (bicyclic) bond motifs is 1. The van der Waals surface area contributed by atoms with Crippen molar-refractivity contribution < 1.29 is 19.8 Å². The Morgan fingerprint density at radius 2 is 1.60 bits per heavy atom. The molecule has 4 nitrogen and oxygen atoms in total. The predicted octanol–water partition coefficient (Wildman–Crippen LogP) is 3.00. The van der Waals surface area contributed by atoms with Crippen molar-refractivity contribution in [2.75, 3.05) is 0 Å². The van der Waals surface area contributed by atoms with E-state index in [1.165, 1.54) is 0 Å². The minimum Gasteiger partial charge on any atom is -0.481 e. The van der Waals surface area contributed by atoms with Gasteiger partial charge in [-0.2, -0.15) is 0 Å². The molecule has 0 aromatic rings. The number of halogens is 1. The Bertz CT molecular complexity index is 474. The number of hydrogen-bond acceptors (Lipinski definition) is 2. The first-order chi connectivity index (χ1) is 9.20. The second kappa shape index (κ2) is 4.21. The average Bonchev–Trinajstić information content (AvgIpc) is 2.82. The molecule has 0 aliphatic heterocycles. The van der Waals surface area contributed by atoms with Crippen molar-refractivity contribution in [1.82, 2.24) is 0 Å². The van der Waals surface area contributed by atoms with Gasteiger partial charge in [-0.15, -0.1) is 0 Å². The zero-order valence-electron chi connectivity index (χ0n) is 11.8. The molecule has 3 aliphatic carbocycles. The number of alkyl halides is 1. The highest BCUT2D eigenvalue weighted by atomic mass is 79.9. The first kappa shape index (κ1) is 14.4. The van der Waals surface area contributed by atoms with Crippen LogP contribution in [0.15, 0.2) is 0 Å². The minimum absolute atomic E-state index is 0.0107. The van der Waals surface area contributed by atoms with Crippen molar-refractivity contribution in [1.29, 1.82) is 0 Å². The van der Waals surface area contributed by atoms with Crippen LogP contribution in [-0.2, 0) is 9.59 Å². The summed E-state index contributed by atoms with van der Waals surface area (Å²) in [5.41, 5.74) is 0.165. The van der Waals surface area contributed by atoms with E-state index in [0.717, 1.165) is 12.8 Å². The normalized spacial score (nSPS) is 48.9. The van der Waals surface area contributed by atoms with E-state index in [-0.39, 0.29) is 10.8 Å². The van der Waals surface area contributed by atoms with E-state index >= 15 is 0 Å². The molecule has 0 saturated heterocycles. The van der Waals surface area contributed by atoms with Crippen molar-refractivity contribution in [3.8, 4) is 0 Å². The van der Waals surface area contributed by atoms with E-state index in [9.17, 15) is 19.8 Å². The Labute approximate surface area is 127 Å². The lowest BCUT2D eigenvalue weighted by Crippen LogP contribution is -2.51. The fourth-order valence-electron chi connectivity index (χ4n) is 5.35. The molecule has 3 rings (SSSR count). The Hall–Kier alpha value is -0.580. The van der Waals surface area contributed by atoms with E-state index in [1.54, 1.807) is 0 Å². The summed E-state index contributed by atoms with van der Waals surface area (Å²) >= 11 is 3.84. The molecule has 112 valence electrons. The largest absolute Gasteiger partial charge is 0.481 e. The monoisotopic (exact) mass is 344 g/mol. The van der Waals surface area contributed by atoms with Crippen LogP contribution in [0.25, 0.3) is 0 Å². The van der Waals surface area contributed by atoms with Crippen LogP contribution in [0.1, 0.15) is 39.5 Å². The van der Waals surface area contributed by atoms with Gasteiger partial charge in [0.1, 0.15) is 0 Å². The Morgan fingerprint density at radius 3 is 2.10 bits per heavy atom. The molecule has 5 heteroatoms. The number of carbonyl (C=O) groups is 2. The summed E-state index contributed by atoms with van der Waals surface area (Å²) in [6.45, 7) is 4.50. The molecule has 0 unspecified atom stereocenters. The molecule has 1 spiro atoms. The van der Waals surface area contributed by atoms with Crippen LogP contribution in [0.5, 0.6) is 0 Å². The molecular weight excluding hydrogens is 324 g/mol. The fraction of sp³-hybridized carbons (Fsp3) is 0.867. The van der Waals surface area contributed by atoms with Crippen molar-refractivity contribution in [2.24, 2.45) is 34.5 Å². The number of aliphatic carboxylic acids is 2. The summed E-state index contributed by atoms with van der Waals surface area (Å²) in [7, 11) is 0. The van der Waals surface area contributed by atoms with E-state index in [1.807, 2.05) is 0 Å². The van der Waals surface area contributed by atoms with Crippen LogP contribution in [0.2, 0.25) is 0 Å². The van der Waals surface area contributed by atoms with Gasteiger partial charge in [-0.1, -0.05) is 29.8 Å². The third kappa shape index (κ3) is 1.65. The summed E-state index contributed by atoms with van der Waals surface area (Å²) in [6, 6.07) is 0. The third-order valence-corrected chi connectivity index (χ3v) is 8.57. The molecule has 6 atom stereocenters. The molecule has 2 bridgehead atoms. The van der Waals surface area contributed by atoms with Gasteiger partial charge >= 0.3 is 11.9 Å². The molecule has 0 amide bonds. The summed E-state index contributed by atoms with van der Waals surface area (Å²) in [5.74, 6) is -2.40. The first-order valence-corrected chi connectivity index (χ1v) is 8.21. The van der Waals surface area contributed by atoms with Gasteiger partial charge in [-0.05, 0) is 48.3 Å². The maximum atomic E-state index is 11.5. The van der Waals surface area contributed by atoms with E-state index in [0.29, 0.717) is 29.5 Å². The first-order valence-electron chi connectivity index (χ1n) is 7.30. The summed E-state index contributed by atoms with van der Waals surface area (Å²) in [4.78, 5) is 23.2. The molecule has 0 aromatic heterocycles. The van der Waals surface area contributed by atoms with E-state index in [4.69, 9.17) is 0 Å². The molecule has 0 aromatic carbocycles. The van der Waals surface area contributed by atoms with Gasteiger partial charge in [-0.3, -0.25) is 9.59 Å². The summed E-state index contributed by atoms with van der Waals surface area (Å²) in [5, 5.41) is 18.8. The standard InChI is InChI=1S/C15H21BrO4/c1-14(2)8-3-7-4-9(11(17)18)10(12(19)20)6-15(7,5-8)13(14)16/h7-10,13H,3-6H2,1-2H3,(H,17,18)(H,19,20)/t7-,8-,9-,10+,13+,15+/m0/s1. The third-order valence-electron chi connectivity index (χ3n) is 6.48. The zero-order valence-corrected chi connectivity index (χ0v) is 13.4. The van der Waals surface area contributed by atoms with Crippen LogP contribution in [0.4, 0.5) is 0 Å². The number of rotatable bonds is 2. The average molecular weight is 345 g/mol. The van der Waals surface area contributed by atoms with Crippen molar-refractivity contribution >= 4 is 27.9 Å². The van der Waals surface area contributed by atoms with Gasteiger partial charge in [-0.25, -0.2) is 0 Å². The topological polar surface area (TPSA) is 74.6 Å². The maximum Gasteiger partial charge on any atom is 0.307 e. The smallest absolute Gasteiger partial charge is 0.307 e. The molecule has 20 heavy (non-hydrogen) atoms. The van der Waals surface area contributed by atoms with E-state index in [2.05, 4.69) is 29.8 Å². The number of hydrogen-bond donors (Lipinski definition) is 2. The Balaban J connectivity index is 1.96. The zero-order chi connectivity index (χ0) is 14.9. The molecule has 0 radical (unpaired) electrons.